The quantitative estimate of drug-likeness (QED) is 0.635. The average molecular weight is 311 g/mol. The highest BCUT2D eigenvalue weighted by atomic mass is 79.9. The van der Waals surface area contributed by atoms with Crippen LogP contribution in [0, 0.1) is 0 Å². The van der Waals surface area contributed by atoms with Crippen LogP contribution in [-0.4, -0.2) is 10.8 Å². The highest BCUT2D eigenvalue weighted by molar-refractivity contribution is 9.10. The maximum absolute atomic E-state index is 11.9. The van der Waals surface area contributed by atoms with Gasteiger partial charge < -0.3 is 0 Å². The van der Waals surface area contributed by atoms with E-state index in [9.17, 15) is 4.79 Å². The van der Waals surface area contributed by atoms with Gasteiger partial charge in [0, 0.05) is 15.7 Å². The number of carbonyl (C=O) groups is 1. The lowest BCUT2D eigenvalue weighted by Gasteiger charge is -2.01. The summed E-state index contributed by atoms with van der Waals surface area (Å²) < 4.78 is 0.954. The van der Waals surface area contributed by atoms with Crippen LogP contribution in [0.5, 0.6) is 0 Å². The first-order valence-electron chi connectivity index (χ1n) is 5.05. The van der Waals surface area contributed by atoms with E-state index in [1.165, 1.54) is 0 Å². The zero-order valence-corrected chi connectivity index (χ0v) is 11.2. The first-order valence-corrected chi connectivity index (χ1v) is 6.22. The van der Waals surface area contributed by atoms with Crippen molar-refractivity contribution in [2.45, 2.75) is 6.42 Å². The normalized spacial score (nSPS) is 10.2. The number of pyridine rings is 1. The molecule has 0 aliphatic heterocycles. The number of nitrogens with zero attached hydrogens (tertiary/aromatic N) is 1. The first-order chi connectivity index (χ1) is 8.15. The van der Waals surface area contributed by atoms with E-state index < -0.39 is 0 Å². The molecule has 0 N–H and O–H groups in total. The molecule has 1 aromatic carbocycles. The molecule has 2 rings (SSSR count). The predicted octanol–water partition coefficient (Wildman–Crippen LogP) is 3.92. The van der Waals surface area contributed by atoms with Crippen LogP contribution < -0.4 is 0 Å². The Kier molecular flexibility index (Phi) is 3.92. The Bertz CT molecular complexity index is 539. The summed E-state index contributed by atoms with van der Waals surface area (Å²) in [4.78, 5) is 16.0. The molecule has 0 aliphatic rings. The lowest BCUT2D eigenvalue weighted by atomic mass is 10.1. The van der Waals surface area contributed by atoms with E-state index >= 15 is 0 Å². The van der Waals surface area contributed by atoms with Gasteiger partial charge in [-0.3, -0.25) is 4.79 Å². The number of rotatable bonds is 3. The van der Waals surface area contributed by atoms with Gasteiger partial charge in [-0.05, 0) is 24.3 Å². The van der Waals surface area contributed by atoms with Crippen molar-refractivity contribution in [3.05, 3.63) is 63.3 Å². The van der Waals surface area contributed by atoms with Crippen LogP contribution in [0.1, 0.15) is 16.1 Å². The lowest BCUT2D eigenvalue weighted by molar-refractivity contribution is 0.0992. The Hall–Kier alpha value is -1.19. The molecule has 2 aromatic rings. The molecule has 0 amide bonds. The van der Waals surface area contributed by atoms with Crippen LogP contribution in [0.3, 0.4) is 0 Å². The summed E-state index contributed by atoms with van der Waals surface area (Å²) in [5, 5.41) is 0.408. The number of Topliss-reactive ketones (excluding diaryl/α,β-unsaturated/α-hetero) is 1. The topological polar surface area (TPSA) is 30.0 Å². The number of hydrogen-bond donors (Lipinski definition) is 0. The molecule has 0 spiro atoms. The Balaban J connectivity index is 2.14. The Labute approximate surface area is 113 Å². The minimum absolute atomic E-state index is 0.0345. The summed E-state index contributed by atoms with van der Waals surface area (Å²) in [6.07, 6.45) is 0.266. The molecule has 0 saturated carbocycles. The van der Waals surface area contributed by atoms with Crippen LogP contribution in [0.2, 0.25) is 5.15 Å². The molecule has 4 heteroatoms. The van der Waals surface area contributed by atoms with Crippen LogP contribution in [0.4, 0.5) is 0 Å². The zero-order chi connectivity index (χ0) is 12.3. The largest absolute Gasteiger partial charge is 0.294 e. The van der Waals surface area contributed by atoms with Gasteiger partial charge in [0.05, 0.1) is 6.42 Å². The average Bonchev–Trinajstić information content (AvgIpc) is 2.29. The molecule has 0 atom stereocenters. The molecular weight excluding hydrogens is 302 g/mol. The third-order valence-electron chi connectivity index (χ3n) is 2.28. The molecule has 1 aromatic heterocycles. The maximum Gasteiger partial charge on any atom is 0.168 e. The third kappa shape index (κ3) is 3.38. The van der Waals surface area contributed by atoms with Crippen LogP contribution in [0.25, 0.3) is 0 Å². The second kappa shape index (κ2) is 5.43. The predicted molar refractivity (Wildman–Crippen MR) is 71.4 cm³/mol. The second-order valence-corrected chi connectivity index (χ2v) is 4.86. The van der Waals surface area contributed by atoms with Gasteiger partial charge in [0.2, 0.25) is 0 Å². The minimum Gasteiger partial charge on any atom is -0.294 e. The summed E-state index contributed by atoms with van der Waals surface area (Å²) in [6, 6.07) is 12.5. The van der Waals surface area contributed by atoms with E-state index in [-0.39, 0.29) is 12.2 Å². The number of halogens is 2. The van der Waals surface area contributed by atoms with Gasteiger partial charge in [-0.15, -0.1) is 0 Å². The second-order valence-electron chi connectivity index (χ2n) is 3.56. The third-order valence-corrected chi connectivity index (χ3v) is 3.02. The van der Waals surface area contributed by atoms with Gasteiger partial charge in [0.1, 0.15) is 5.15 Å². The van der Waals surface area contributed by atoms with Crippen molar-refractivity contribution in [1.82, 2.24) is 4.98 Å². The van der Waals surface area contributed by atoms with Crippen molar-refractivity contribution in [3.8, 4) is 0 Å². The first kappa shape index (κ1) is 12.3. The van der Waals surface area contributed by atoms with Gasteiger partial charge in [-0.1, -0.05) is 45.7 Å². The van der Waals surface area contributed by atoms with Gasteiger partial charge >= 0.3 is 0 Å². The van der Waals surface area contributed by atoms with Gasteiger partial charge in [-0.2, -0.15) is 0 Å². The molecule has 0 bridgehead atoms. The maximum atomic E-state index is 11.9. The molecule has 17 heavy (non-hydrogen) atoms. The molecule has 2 nitrogen and oxygen atoms in total. The van der Waals surface area contributed by atoms with Gasteiger partial charge in [-0.25, -0.2) is 4.98 Å². The van der Waals surface area contributed by atoms with E-state index in [4.69, 9.17) is 11.6 Å². The van der Waals surface area contributed by atoms with Crippen molar-refractivity contribution in [2.24, 2.45) is 0 Å². The summed E-state index contributed by atoms with van der Waals surface area (Å²) >= 11 is 9.10. The molecule has 0 aliphatic carbocycles. The molecule has 0 unspecified atom stereocenters. The van der Waals surface area contributed by atoms with Crippen LogP contribution >= 0.6 is 27.5 Å². The summed E-state index contributed by atoms with van der Waals surface area (Å²) in [7, 11) is 0. The lowest BCUT2D eigenvalue weighted by Crippen LogP contribution is -2.04. The summed E-state index contributed by atoms with van der Waals surface area (Å²) in [5.74, 6) is 0.0345. The van der Waals surface area contributed by atoms with E-state index in [1.54, 1.807) is 30.3 Å². The summed E-state index contributed by atoms with van der Waals surface area (Å²) in [6.45, 7) is 0. The molecule has 0 radical (unpaired) electrons. The van der Waals surface area contributed by atoms with Gasteiger partial charge in [0.25, 0.3) is 0 Å². The summed E-state index contributed by atoms with van der Waals surface area (Å²) in [5.41, 5.74) is 1.36. The molecule has 0 saturated heterocycles. The fourth-order valence-corrected chi connectivity index (χ4v) is 1.90. The standard InChI is InChI=1S/C13H9BrClNO/c14-10-6-4-9(5-7-10)12(17)8-11-2-1-3-13(15)16-11/h1-7H,8H2. The Morgan fingerprint density at radius 2 is 1.88 bits per heavy atom. The zero-order valence-electron chi connectivity index (χ0n) is 8.86. The van der Waals surface area contributed by atoms with Crippen LogP contribution in [0.15, 0.2) is 46.9 Å². The smallest absolute Gasteiger partial charge is 0.168 e. The van der Waals surface area contributed by atoms with Crippen molar-refractivity contribution in [3.63, 3.8) is 0 Å². The van der Waals surface area contributed by atoms with E-state index in [0.717, 1.165) is 4.47 Å². The molecule has 1 heterocycles. The van der Waals surface area contributed by atoms with E-state index in [0.29, 0.717) is 16.4 Å². The monoisotopic (exact) mass is 309 g/mol. The van der Waals surface area contributed by atoms with Crippen LogP contribution in [-0.2, 0) is 6.42 Å². The number of aromatic nitrogens is 1. The molecule has 86 valence electrons. The SMILES string of the molecule is O=C(Cc1cccc(Cl)n1)c1ccc(Br)cc1. The fourth-order valence-electron chi connectivity index (χ4n) is 1.45. The number of ketones is 1. The molecular formula is C13H9BrClNO. The number of carbonyl (C=O) groups excluding carboxylic acids is 1. The van der Waals surface area contributed by atoms with E-state index in [1.807, 2.05) is 12.1 Å². The highest BCUT2D eigenvalue weighted by Crippen LogP contribution is 2.13. The minimum atomic E-state index is 0.0345. The fraction of sp³-hybridized carbons (Fsp3) is 0.0769. The van der Waals surface area contributed by atoms with E-state index in [2.05, 4.69) is 20.9 Å². The number of benzene rings is 1. The number of hydrogen-bond acceptors (Lipinski definition) is 2. The van der Waals surface area contributed by atoms with Crippen molar-refractivity contribution >= 4 is 33.3 Å². The highest BCUT2D eigenvalue weighted by Gasteiger charge is 2.07. The van der Waals surface area contributed by atoms with Crippen molar-refractivity contribution in [2.75, 3.05) is 0 Å². The molecule has 0 fully saturated rings. The Morgan fingerprint density at radius 1 is 1.18 bits per heavy atom. The Morgan fingerprint density at radius 3 is 2.53 bits per heavy atom. The van der Waals surface area contributed by atoms with Crippen molar-refractivity contribution < 1.29 is 4.79 Å². The van der Waals surface area contributed by atoms with Crippen molar-refractivity contribution in [1.29, 1.82) is 0 Å². The van der Waals surface area contributed by atoms with Gasteiger partial charge in [0.15, 0.2) is 5.78 Å².